The van der Waals surface area contributed by atoms with E-state index in [1.807, 2.05) is 12.1 Å². The summed E-state index contributed by atoms with van der Waals surface area (Å²) >= 11 is 0. The Kier molecular flexibility index (Phi) is 7.93. The van der Waals surface area contributed by atoms with Crippen LogP contribution in [0.2, 0.25) is 0 Å². The van der Waals surface area contributed by atoms with E-state index >= 15 is 0 Å². The Hall–Kier alpha value is -0.910. The molecule has 1 aromatic carbocycles. The zero-order chi connectivity index (χ0) is 14.4. The molecule has 120 valence electrons. The first kappa shape index (κ1) is 18.1. The summed E-state index contributed by atoms with van der Waals surface area (Å²) in [6.45, 7) is 3.48. The zero-order valence-electron chi connectivity index (χ0n) is 12.2. The largest absolute Gasteiger partial charge is 0.435 e. The van der Waals surface area contributed by atoms with Crippen LogP contribution in [0.4, 0.5) is 8.78 Å². The summed E-state index contributed by atoms with van der Waals surface area (Å²) in [7, 11) is 0. The van der Waals surface area contributed by atoms with Gasteiger partial charge in [0.05, 0.1) is 0 Å². The molecule has 2 rings (SSSR count). The molecule has 3 nitrogen and oxygen atoms in total. The highest BCUT2D eigenvalue weighted by Gasteiger charge is 2.21. The van der Waals surface area contributed by atoms with Gasteiger partial charge in [-0.05, 0) is 24.1 Å². The van der Waals surface area contributed by atoms with Crippen molar-refractivity contribution in [2.75, 3.05) is 26.2 Å². The number of benzene rings is 1. The number of nitrogens with zero attached hydrogens (tertiary/aromatic N) is 1. The molecule has 1 aliphatic heterocycles. The molecule has 0 spiro atoms. The van der Waals surface area contributed by atoms with Crippen LogP contribution in [0.3, 0.4) is 0 Å². The first-order valence-electron chi connectivity index (χ1n) is 7.20. The molecule has 0 radical (unpaired) electrons. The maximum Gasteiger partial charge on any atom is 0.387 e. The molecule has 21 heavy (non-hydrogen) atoms. The molecule has 1 saturated heterocycles. The molecule has 0 amide bonds. The number of nitrogens with one attached hydrogen (secondary N) is 1. The van der Waals surface area contributed by atoms with Crippen LogP contribution in [0.5, 0.6) is 5.75 Å². The number of ether oxygens (including phenoxy) is 1. The number of piperazine rings is 1. The van der Waals surface area contributed by atoms with Crippen molar-refractivity contribution in [3.05, 3.63) is 29.8 Å². The third kappa shape index (κ3) is 5.41. The molecule has 0 bridgehead atoms. The third-order valence-corrected chi connectivity index (χ3v) is 3.64. The van der Waals surface area contributed by atoms with Gasteiger partial charge in [0.25, 0.3) is 0 Å². The Labute approximate surface area is 131 Å². The van der Waals surface area contributed by atoms with Gasteiger partial charge in [0.1, 0.15) is 5.75 Å². The van der Waals surface area contributed by atoms with Gasteiger partial charge in [-0.2, -0.15) is 8.78 Å². The van der Waals surface area contributed by atoms with Crippen molar-refractivity contribution >= 4 is 12.4 Å². The minimum absolute atomic E-state index is 0. The van der Waals surface area contributed by atoms with E-state index in [1.54, 1.807) is 12.1 Å². The minimum atomic E-state index is -2.76. The molecule has 1 aromatic rings. The van der Waals surface area contributed by atoms with Gasteiger partial charge in [0, 0.05) is 32.2 Å². The smallest absolute Gasteiger partial charge is 0.387 e. The Morgan fingerprint density at radius 3 is 2.33 bits per heavy atom. The molecule has 1 fully saturated rings. The van der Waals surface area contributed by atoms with E-state index in [2.05, 4.69) is 21.9 Å². The summed E-state index contributed by atoms with van der Waals surface area (Å²) in [6, 6.07) is 7.43. The summed E-state index contributed by atoms with van der Waals surface area (Å²) in [5.41, 5.74) is 1.18. The second-order valence-electron chi connectivity index (χ2n) is 5.04. The second kappa shape index (κ2) is 9.18. The Balaban J connectivity index is 0.00000220. The van der Waals surface area contributed by atoms with Crippen LogP contribution in [-0.2, 0) is 0 Å². The fourth-order valence-electron chi connectivity index (χ4n) is 2.70. The SMILES string of the molecule is CCC[C@@H](c1ccc(OC(F)F)cc1)N1CCNCC1.Cl. The van der Waals surface area contributed by atoms with Gasteiger partial charge in [0.2, 0.25) is 0 Å². The van der Waals surface area contributed by atoms with Crippen LogP contribution in [0.25, 0.3) is 0 Å². The van der Waals surface area contributed by atoms with E-state index in [9.17, 15) is 8.78 Å². The number of halogens is 3. The first-order valence-corrected chi connectivity index (χ1v) is 7.20. The molecule has 0 unspecified atom stereocenters. The van der Waals surface area contributed by atoms with E-state index in [0.29, 0.717) is 6.04 Å². The maximum atomic E-state index is 12.2. The second-order valence-corrected chi connectivity index (χ2v) is 5.04. The summed E-state index contributed by atoms with van der Waals surface area (Å²) in [4.78, 5) is 2.46. The van der Waals surface area contributed by atoms with Crippen molar-refractivity contribution in [1.82, 2.24) is 10.2 Å². The molecule has 0 aromatic heterocycles. The van der Waals surface area contributed by atoms with Gasteiger partial charge in [-0.3, -0.25) is 4.90 Å². The van der Waals surface area contributed by atoms with Gasteiger partial charge >= 0.3 is 6.61 Å². The lowest BCUT2D eigenvalue weighted by atomic mass is 10.00. The minimum Gasteiger partial charge on any atom is -0.435 e. The van der Waals surface area contributed by atoms with Crippen LogP contribution < -0.4 is 10.1 Å². The lowest BCUT2D eigenvalue weighted by Crippen LogP contribution is -2.45. The highest BCUT2D eigenvalue weighted by Crippen LogP contribution is 2.27. The van der Waals surface area contributed by atoms with Crippen molar-refractivity contribution in [2.45, 2.75) is 32.4 Å². The highest BCUT2D eigenvalue weighted by atomic mass is 35.5. The number of rotatable bonds is 6. The van der Waals surface area contributed by atoms with Crippen LogP contribution in [0.1, 0.15) is 31.4 Å². The zero-order valence-corrected chi connectivity index (χ0v) is 13.0. The molecule has 1 heterocycles. The molecule has 1 N–H and O–H groups in total. The van der Waals surface area contributed by atoms with Crippen LogP contribution in [0.15, 0.2) is 24.3 Å². The van der Waals surface area contributed by atoms with Crippen LogP contribution in [-0.4, -0.2) is 37.7 Å². The van der Waals surface area contributed by atoms with Crippen molar-refractivity contribution in [2.24, 2.45) is 0 Å². The highest BCUT2D eigenvalue weighted by molar-refractivity contribution is 5.85. The Morgan fingerprint density at radius 1 is 1.19 bits per heavy atom. The quantitative estimate of drug-likeness (QED) is 0.869. The lowest BCUT2D eigenvalue weighted by molar-refractivity contribution is -0.0498. The van der Waals surface area contributed by atoms with Gasteiger partial charge in [-0.1, -0.05) is 25.5 Å². The van der Waals surface area contributed by atoms with E-state index in [0.717, 1.165) is 39.0 Å². The van der Waals surface area contributed by atoms with Gasteiger partial charge in [0.15, 0.2) is 0 Å². The van der Waals surface area contributed by atoms with Gasteiger partial charge in [-0.25, -0.2) is 0 Å². The molecule has 1 atom stereocenters. The number of hydrogen-bond acceptors (Lipinski definition) is 3. The fraction of sp³-hybridized carbons (Fsp3) is 0.600. The average Bonchev–Trinajstić information content (AvgIpc) is 2.46. The average molecular weight is 321 g/mol. The topological polar surface area (TPSA) is 24.5 Å². The maximum absolute atomic E-state index is 12.2. The van der Waals surface area contributed by atoms with Crippen molar-refractivity contribution < 1.29 is 13.5 Å². The van der Waals surface area contributed by atoms with E-state index in [1.165, 1.54) is 5.56 Å². The molecule has 6 heteroatoms. The summed E-state index contributed by atoms with van der Waals surface area (Å²) < 4.78 is 28.7. The molecular formula is C15H23ClF2N2O. The first-order chi connectivity index (χ1) is 9.70. The van der Waals surface area contributed by atoms with Crippen molar-refractivity contribution in [3.8, 4) is 5.75 Å². The van der Waals surface area contributed by atoms with Crippen LogP contribution >= 0.6 is 12.4 Å². The Morgan fingerprint density at radius 2 is 1.81 bits per heavy atom. The van der Waals surface area contributed by atoms with E-state index in [-0.39, 0.29) is 18.2 Å². The van der Waals surface area contributed by atoms with E-state index in [4.69, 9.17) is 0 Å². The normalized spacial score (nSPS) is 17.3. The molecular weight excluding hydrogens is 298 g/mol. The molecule has 0 aliphatic carbocycles. The predicted octanol–water partition coefficient (Wildman–Crippen LogP) is 3.46. The van der Waals surface area contributed by atoms with E-state index < -0.39 is 6.61 Å². The van der Waals surface area contributed by atoms with Gasteiger partial charge < -0.3 is 10.1 Å². The van der Waals surface area contributed by atoms with Gasteiger partial charge in [-0.15, -0.1) is 12.4 Å². The monoisotopic (exact) mass is 320 g/mol. The van der Waals surface area contributed by atoms with Crippen molar-refractivity contribution in [1.29, 1.82) is 0 Å². The summed E-state index contributed by atoms with van der Waals surface area (Å²) in [6.07, 6.45) is 2.18. The number of alkyl halides is 2. The summed E-state index contributed by atoms with van der Waals surface area (Å²) in [5, 5.41) is 3.35. The van der Waals surface area contributed by atoms with Crippen LogP contribution in [0, 0.1) is 0 Å². The fourth-order valence-corrected chi connectivity index (χ4v) is 2.70. The number of hydrogen-bond donors (Lipinski definition) is 1. The molecule has 1 aliphatic rings. The lowest BCUT2D eigenvalue weighted by Gasteiger charge is -2.35. The Bertz CT molecular complexity index is 397. The molecule has 0 saturated carbocycles. The predicted molar refractivity (Wildman–Crippen MR) is 82.4 cm³/mol. The standard InChI is InChI=1S/C15H22F2N2O.ClH/c1-2-3-14(19-10-8-18-9-11-19)12-4-6-13(7-5-12)20-15(16)17;/h4-7,14-15,18H,2-3,8-11H2,1H3;1H/t14-;/m0./s1. The van der Waals surface area contributed by atoms with Crippen molar-refractivity contribution in [3.63, 3.8) is 0 Å². The third-order valence-electron chi connectivity index (χ3n) is 3.64. The summed E-state index contributed by atoms with van der Waals surface area (Å²) in [5.74, 6) is 0.222.